The van der Waals surface area contributed by atoms with Gasteiger partial charge in [-0.1, -0.05) is 24.0 Å². The summed E-state index contributed by atoms with van der Waals surface area (Å²) in [4.78, 5) is 1.35. The Morgan fingerprint density at radius 3 is 2.42 bits per heavy atom. The largest absolute Gasteiger partial charge is 0.379 e. The first kappa shape index (κ1) is 10.3. The first-order valence-corrected chi connectivity index (χ1v) is 5.16. The summed E-state index contributed by atoms with van der Waals surface area (Å²) >= 11 is 6.52. The molecule has 0 spiro atoms. The average Bonchev–Trinajstić information content (AvgIpc) is 1.79. The van der Waals surface area contributed by atoms with Crippen molar-refractivity contribution in [3.8, 4) is 0 Å². The Hall–Kier alpha value is 0.200. The number of hydrogen-bond acceptors (Lipinski definition) is 3. The lowest BCUT2D eigenvalue weighted by Gasteiger charge is -2.47. The van der Waals surface area contributed by atoms with Gasteiger partial charge >= 0.3 is 0 Å². The fourth-order valence-electron chi connectivity index (χ4n) is 1.46. The van der Waals surface area contributed by atoms with Crippen molar-refractivity contribution in [1.29, 1.82) is 0 Å². The smallest absolute Gasteiger partial charge is 0.139 e. The summed E-state index contributed by atoms with van der Waals surface area (Å²) < 4.78 is 0.774. The Labute approximate surface area is 83.3 Å². The number of nitrogens with zero attached hydrogens (tertiary/aromatic N) is 1. The van der Waals surface area contributed by atoms with Crippen LogP contribution in [0, 0.1) is 0 Å². The Morgan fingerprint density at radius 2 is 2.00 bits per heavy atom. The van der Waals surface area contributed by atoms with Gasteiger partial charge in [-0.05, 0) is 20.8 Å². The minimum Gasteiger partial charge on any atom is -0.379 e. The Morgan fingerprint density at radius 1 is 1.50 bits per heavy atom. The number of thioether (sulfide) groups is 1. The number of rotatable bonds is 0. The summed E-state index contributed by atoms with van der Waals surface area (Å²) in [5.74, 6) is 0. The van der Waals surface area contributed by atoms with Gasteiger partial charge in [-0.2, -0.15) is 0 Å². The molecule has 0 saturated carbocycles. The second kappa shape index (κ2) is 2.86. The first-order chi connectivity index (χ1) is 5.25. The van der Waals surface area contributed by atoms with Crippen LogP contribution in [0.1, 0.15) is 27.2 Å². The number of hydrogen-bond donors (Lipinski definition) is 1. The maximum Gasteiger partial charge on any atom is 0.139 e. The molecule has 0 aromatic carbocycles. The van der Waals surface area contributed by atoms with Gasteiger partial charge < -0.3 is 10.0 Å². The molecule has 0 amide bonds. The van der Waals surface area contributed by atoms with Gasteiger partial charge in [-0.3, -0.25) is 0 Å². The van der Waals surface area contributed by atoms with Crippen LogP contribution in [0.3, 0.4) is 0 Å². The zero-order valence-electron chi connectivity index (χ0n) is 7.92. The molecule has 0 aromatic rings. The third-order valence-corrected chi connectivity index (χ3v) is 3.81. The maximum atomic E-state index is 9.85. The predicted octanol–water partition coefficient (Wildman–Crippen LogP) is 1.83. The monoisotopic (exact) mass is 205 g/mol. The highest BCUT2D eigenvalue weighted by molar-refractivity contribution is 8.23. The minimum atomic E-state index is -0.701. The van der Waals surface area contributed by atoms with Gasteiger partial charge in [-0.25, -0.2) is 0 Å². The zero-order valence-corrected chi connectivity index (χ0v) is 9.55. The highest BCUT2D eigenvalue weighted by Crippen LogP contribution is 2.41. The average molecular weight is 205 g/mol. The molecule has 0 aromatic heterocycles. The molecule has 0 bridgehead atoms. The quantitative estimate of drug-likeness (QED) is 0.610. The molecule has 1 aliphatic heterocycles. The molecule has 1 atom stereocenters. The molecule has 1 saturated heterocycles. The van der Waals surface area contributed by atoms with Crippen molar-refractivity contribution >= 4 is 28.3 Å². The summed E-state index contributed by atoms with van der Waals surface area (Å²) in [5.41, 5.74) is -0.0359. The molecule has 1 rings (SSSR count). The van der Waals surface area contributed by atoms with Gasteiger partial charge in [0.1, 0.15) is 9.25 Å². The van der Waals surface area contributed by atoms with Crippen molar-refractivity contribution in [2.24, 2.45) is 0 Å². The van der Waals surface area contributed by atoms with E-state index in [1.165, 1.54) is 11.8 Å². The highest BCUT2D eigenvalue weighted by atomic mass is 32.2. The molecule has 1 N–H and O–H groups in total. The highest BCUT2D eigenvalue weighted by Gasteiger charge is 2.41. The summed E-state index contributed by atoms with van der Waals surface area (Å²) in [6.45, 7) is 6.00. The molecule has 0 radical (unpaired) electrons. The summed E-state index contributed by atoms with van der Waals surface area (Å²) in [6.07, 6.45) is 0.737. The standard InChI is InChI=1S/C8H15NOS2/c1-7(2)5-8(3,10)12-6(11)9(7)4/h10H,5H2,1-4H3. The van der Waals surface area contributed by atoms with Crippen LogP contribution in [-0.2, 0) is 0 Å². The van der Waals surface area contributed by atoms with Gasteiger partial charge in [0.2, 0.25) is 0 Å². The van der Waals surface area contributed by atoms with Gasteiger partial charge in [-0.15, -0.1) is 0 Å². The lowest BCUT2D eigenvalue weighted by atomic mass is 9.95. The predicted molar refractivity (Wildman–Crippen MR) is 57.3 cm³/mol. The van der Waals surface area contributed by atoms with Crippen molar-refractivity contribution in [3.63, 3.8) is 0 Å². The topological polar surface area (TPSA) is 23.5 Å². The third-order valence-electron chi connectivity index (χ3n) is 2.25. The molecule has 1 heterocycles. The molecule has 1 fully saturated rings. The van der Waals surface area contributed by atoms with E-state index in [9.17, 15) is 5.11 Å². The number of aliphatic hydroxyl groups is 1. The molecular weight excluding hydrogens is 190 g/mol. The Balaban J connectivity index is 2.87. The van der Waals surface area contributed by atoms with Crippen LogP contribution in [0.2, 0.25) is 0 Å². The van der Waals surface area contributed by atoms with Crippen molar-refractivity contribution in [2.45, 2.75) is 37.7 Å². The van der Waals surface area contributed by atoms with Crippen molar-refractivity contribution in [3.05, 3.63) is 0 Å². The maximum absolute atomic E-state index is 9.85. The lowest BCUT2D eigenvalue weighted by molar-refractivity contribution is 0.0822. The fourth-order valence-corrected chi connectivity index (χ4v) is 3.43. The normalized spacial score (nSPS) is 35.4. The molecule has 70 valence electrons. The molecule has 2 nitrogen and oxygen atoms in total. The first-order valence-electron chi connectivity index (χ1n) is 3.94. The van der Waals surface area contributed by atoms with E-state index in [-0.39, 0.29) is 5.54 Å². The molecule has 1 aliphatic rings. The van der Waals surface area contributed by atoms with Crippen LogP contribution in [0.4, 0.5) is 0 Å². The third kappa shape index (κ3) is 1.92. The molecule has 0 aliphatic carbocycles. The van der Waals surface area contributed by atoms with Crippen LogP contribution in [0.25, 0.3) is 0 Å². The van der Waals surface area contributed by atoms with E-state index in [0.717, 1.165) is 10.7 Å². The van der Waals surface area contributed by atoms with Gasteiger partial charge in [0.15, 0.2) is 0 Å². The van der Waals surface area contributed by atoms with E-state index >= 15 is 0 Å². The lowest BCUT2D eigenvalue weighted by Crippen LogP contribution is -2.52. The molecular formula is C8H15NOS2. The van der Waals surface area contributed by atoms with Gasteiger partial charge in [0, 0.05) is 19.0 Å². The van der Waals surface area contributed by atoms with Crippen LogP contribution in [0.15, 0.2) is 0 Å². The van der Waals surface area contributed by atoms with Crippen molar-refractivity contribution in [1.82, 2.24) is 4.90 Å². The Bertz CT molecular complexity index is 213. The van der Waals surface area contributed by atoms with E-state index < -0.39 is 4.93 Å². The van der Waals surface area contributed by atoms with Crippen LogP contribution in [0.5, 0.6) is 0 Å². The molecule has 4 heteroatoms. The number of thiocarbonyl (C=S) groups is 1. The summed E-state index contributed by atoms with van der Waals surface area (Å²) in [6, 6.07) is 0. The van der Waals surface area contributed by atoms with Crippen LogP contribution >= 0.6 is 24.0 Å². The van der Waals surface area contributed by atoms with E-state index in [2.05, 4.69) is 13.8 Å². The van der Waals surface area contributed by atoms with E-state index in [1.807, 2.05) is 18.9 Å². The van der Waals surface area contributed by atoms with Crippen molar-refractivity contribution in [2.75, 3.05) is 7.05 Å². The Kier molecular flexibility index (Phi) is 2.45. The SMILES string of the molecule is CN1C(=S)SC(C)(O)CC1(C)C. The molecule has 1 unspecified atom stereocenters. The van der Waals surface area contributed by atoms with E-state index in [4.69, 9.17) is 12.2 Å². The second-order valence-electron chi connectivity index (χ2n) is 4.09. The zero-order chi connectivity index (χ0) is 9.57. The van der Waals surface area contributed by atoms with E-state index in [1.54, 1.807) is 0 Å². The van der Waals surface area contributed by atoms with Gasteiger partial charge in [0.25, 0.3) is 0 Å². The van der Waals surface area contributed by atoms with Crippen LogP contribution in [-0.4, -0.2) is 31.8 Å². The minimum absolute atomic E-state index is 0.0359. The van der Waals surface area contributed by atoms with Crippen LogP contribution < -0.4 is 0 Å². The fraction of sp³-hybridized carbons (Fsp3) is 0.875. The summed E-state index contributed by atoms with van der Waals surface area (Å²) in [5, 5.41) is 9.85. The van der Waals surface area contributed by atoms with E-state index in [0.29, 0.717) is 0 Å². The summed E-state index contributed by atoms with van der Waals surface area (Å²) in [7, 11) is 1.98. The molecule has 12 heavy (non-hydrogen) atoms. The van der Waals surface area contributed by atoms with Crippen molar-refractivity contribution < 1.29 is 5.11 Å². The van der Waals surface area contributed by atoms with Gasteiger partial charge in [0.05, 0.1) is 0 Å². The second-order valence-corrected chi connectivity index (χ2v) is 6.21.